The van der Waals surface area contributed by atoms with Crippen LogP contribution in [0.25, 0.3) is 10.6 Å². The molecule has 5 heteroatoms. The van der Waals surface area contributed by atoms with Gasteiger partial charge in [0.2, 0.25) is 0 Å². The van der Waals surface area contributed by atoms with Gasteiger partial charge >= 0.3 is 5.97 Å². The Morgan fingerprint density at radius 3 is 2.95 bits per heavy atom. The number of ether oxygens (including phenoxy) is 1. The van der Waals surface area contributed by atoms with E-state index in [0.717, 1.165) is 24.2 Å². The topological polar surface area (TPSA) is 59.4 Å². The van der Waals surface area contributed by atoms with Gasteiger partial charge in [-0.25, -0.2) is 9.78 Å². The Balaban J connectivity index is 2.06. The fraction of sp³-hybridized carbons (Fsp3) is 0.333. The van der Waals surface area contributed by atoms with E-state index in [1.54, 1.807) is 5.38 Å². The number of benzene rings is 1. The van der Waals surface area contributed by atoms with Crippen LogP contribution in [-0.2, 0) is 0 Å². The normalized spacial score (nSPS) is 10.4. The average Bonchev–Trinajstić information content (AvgIpc) is 2.94. The molecule has 106 valence electrons. The molecule has 0 amide bonds. The van der Waals surface area contributed by atoms with E-state index in [9.17, 15) is 4.79 Å². The Morgan fingerprint density at radius 1 is 1.40 bits per heavy atom. The van der Waals surface area contributed by atoms with Gasteiger partial charge in [-0.15, -0.1) is 11.3 Å². The highest BCUT2D eigenvalue weighted by molar-refractivity contribution is 7.13. The summed E-state index contributed by atoms with van der Waals surface area (Å²) in [7, 11) is 0. The van der Waals surface area contributed by atoms with Gasteiger partial charge in [0.05, 0.1) is 6.61 Å². The minimum absolute atomic E-state index is 0.0827. The number of rotatable bonds is 7. The fourth-order valence-electron chi connectivity index (χ4n) is 1.77. The van der Waals surface area contributed by atoms with Gasteiger partial charge in [-0.1, -0.05) is 31.9 Å². The first-order valence-corrected chi connectivity index (χ1v) is 7.50. The maximum absolute atomic E-state index is 10.8. The molecule has 0 saturated carbocycles. The molecule has 0 saturated heterocycles. The second-order valence-corrected chi connectivity index (χ2v) is 5.28. The third kappa shape index (κ3) is 3.81. The Labute approximate surface area is 122 Å². The number of thiazole rings is 1. The first kappa shape index (κ1) is 14.5. The van der Waals surface area contributed by atoms with Crippen molar-refractivity contribution in [2.24, 2.45) is 0 Å². The third-order valence-corrected chi connectivity index (χ3v) is 3.71. The zero-order chi connectivity index (χ0) is 14.4. The summed E-state index contributed by atoms with van der Waals surface area (Å²) in [5.41, 5.74) is 0.967. The summed E-state index contributed by atoms with van der Waals surface area (Å²) in [6.07, 6.45) is 3.37. The lowest BCUT2D eigenvalue weighted by Crippen LogP contribution is -1.97. The van der Waals surface area contributed by atoms with Crippen molar-refractivity contribution in [1.29, 1.82) is 0 Å². The van der Waals surface area contributed by atoms with Crippen LogP contribution in [0.4, 0.5) is 0 Å². The van der Waals surface area contributed by atoms with E-state index >= 15 is 0 Å². The highest BCUT2D eigenvalue weighted by Gasteiger charge is 2.10. The van der Waals surface area contributed by atoms with Crippen LogP contribution in [-0.4, -0.2) is 22.7 Å². The second kappa shape index (κ2) is 7.05. The second-order valence-electron chi connectivity index (χ2n) is 4.43. The first-order valence-electron chi connectivity index (χ1n) is 6.62. The molecule has 20 heavy (non-hydrogen) atoms. The number of carboxylic acids is 1. The molecular formula is C15H17NO3S. The van der Waals surface area contributed by atoms with Gasteiger partial charge in [0.25, 0.3) is 0 Å². The Kier molecular flexibility index (Phi) is 5.12. The van der Waals surface area contributed by atoms with Crippen LogP contribution in [0.15, 0.2) is 29.6 Å². The standard InChI is InChI=1S/C15H17NO3S/c1-2-3-4-8-19-12-7-5-6-11(9-12)14-16-13(10-20-14)15(17)18/h5-7,9-10H,2-4,8H2,1H3,(H,17,18). The molecule has 0 fully saturated rings. The van der Waals surface area contributed by atoms with Crippen molar-refractivity contribution in [1.82, 2.24) is 4.98 Å². The van der Waals surface area contributed by atoms with Crippen molar-refractivity contribution in [3.8, 4) is 16.3 Å². The first-order chi connectivity index (χ1) is 9.70. The number of nitrogens with zero attached hydrogens (tertiary/aromatic N) is 1. The van der Waals surface area contributed by atoms with Crippen LogP contribution in [0.3, 0.4) is 0 Å². The lowest BCUT2D eigenvalue weighted by molar-refractivity contribution is 0.0691. The molecule has 0 spiro atoms. The molecule has 0 bridgehead atoms. The molecule has 1 N–H and O–H groups in total. The van der Waals surface area contributed by atoms with E-state index in [1.807, 2.05) is 24.3 Å². The molecule has 0 aliphatic heterocycles. The summed E-state index contributed by atoms with van der Waals surface area (Å²) in [5.74, 6) is -0.204. The van der Waals surface area contributed by atoms with Crippen LogP contribution < -0.4 is 4.74 Å². The van der Waals surface area contributed by atoms with Crippen LogP contribution in [0.2, 0.25) is 0 Å². The predicted octanol–water partition coefficient (Wildman–Crippen LogP) is 4.08. The molecule has 1 heterocycles. The molecule has 0 aliphatic rings. The number of unbranched alkanes of at least 4 members (excludes halogenated alkanes) is 2. The lowest BCUT2D eigenvalue weighted by Gasteiger charge is -2.06. The highest BCUT2D eigenvalue weighted by Crippen LogP contribution is 2.27. The van der Waals surface area contributed by atoms with Crippen molar-refractivity contribution < 1.29 is 14.6 Å². The van der Waals surface area contributed by atoms with Gasteiger partial charge in [-0.05, 0) is 18.6 Å². The Hall–Kier alpha value is -1.88. The van der Waals surface area contributed by atoms with E-state index in [1.165, 1.54) is 17.8 Å². The Bertz CT molecular complexity index is 580. The molecule has 0 atom stereocenters. The lowest BCUT2D eigenvalue weighted by atomic mass is 10.2. The van der Waals surface area contributed by atoms with Gasteiger partial charge in [-0.2, -0.15) is 0 Å². The van der Waals surface area contributed by atoms with Crippen molar-refractivity contribution >= 4 is 17.3 Å². The number of carboxylic acid groups (broad SMARTS) is 1. The molecule has 2 aromatic rings. The smallest absolute Gasteiger partial charge is 0.355 e. The van der Waals surface area contributed by atoms with Crippen LogP contribution in [0.1, 0.15) is 36.7 Å². The average molecular weight is 291 g/mol. The largest absolute Gasteiger partial charge is 0.494 e. The maximum atomic E-state index is 10.8. The molecule has 0 aliphatic carbocycles. The Morgan fingerprint density at radius 2 is 2.25 bits per heavy atom. The summed E-state index contributed by atoms with van der Waals surface area (Å²) in [6.45, 7) is 2.86. The van der Waals surface area contributed by atoms with Crippen molar-refractivity contribution in [3.63, 3.8) is 0 Å². The quantitative estimate of drug-likeness (QED) is 0.781. The number of hydrogen-bond donors (Lipinski definition) is 1. The summed E-state index contributed by atoms with van der Waals surface area (Å²) in [4.78, 5) is 14.9. The summed E-state index contributed by atoms with van der Waals surface area (Å²) < 4.78 is 5.69. The molecule has 1 aromatic heterocycles. The number of aromatic nitrogens is 1. The van der Waals surface area contributed by atoms with Gasteiger partial charge in [0, 0.05) is 10.9 Å². The van der Waals surface area contributed by atoms with Crippen LogP contribution in [0, 0.1) is 0 Å². The minimum Gasteiger partial charge on any atom is -0.494 e. The molecule has 0 unspecified atom stereocenters. The maximum Gasteiger partial charge on any atom is 0.355 e. The predicted molar refractivity (Wildman–Crippen MR) is 79.5 cm³/mol. The SMILES string of the molecule is CCCCCOc1cccc(-c2nc(C(=O)O)cs2)c1. The molecule has 2 rings (SSSR count). The fourth-order valence-corrected chi connectivity index (χ4v) is 2.56. The van der Waals surface area contributed by atoms with Crippen LogP contribution in [0.5, 0.6) is 5.75 Å². The van der Waals surface area contributed by atoms with Crippen LogP contribution >= 0.6 is 11.3 Å². The molecule has 1 aromatic carbocycles. The van der Waals surface area contributed by atoms with E-state index < -0.39 is 5.97 Å². The zero-order valence-electron chi connectivity index (χ0n) is 11.3. The van der Waals surface area contributed by atoms with Gasteiger partial charge in [-0.3, -0.25) is 0 Å². The van der Waals surface area contributed by atoms with Gasteiger partial charge < -0.3 is 9.84 Å². The monoisotopic (exact) mass is 291 g/mol. The summed E-state index contributed by atoms with van der Waals surface area (Å²) in [5, 5.41) is 11.1. The molecule has 4 nitrogen and oxygen atoms in total. The minimum atomic E-state index is -1.00. The highest BCUT2D eigenvalue weighted by atomic mass is 32.1. The number of aromatic carboxylic acids is 1. The van der Waals surface area contributed by atoms with E-state index in [0.29, 0.717) is 11.6 Å². The molecule has 0 radical (unpaired) electrons. The summed E-state index contributed by atoms with van der Waals surface area (Å²) in [6, 6.07) is 7.60. The van der Waals surface area contributed by atoms with Gasteiger partial charge in [0.15, 0.2) is 5.69 Å². The summed E-state index contributed by atoms with van der Waals surface area (Å²) >= 11 is 1.32. The zero-order valence-corrected chi connectivity index (χ0v) is 12.2. The third-order valence-electron chi connectivity index (χ3n) is 2.82. The van der Waals surface area contributed by atoms with E-state index in [2.05, 4.69) is 11.9 Å². The molecular weight excluding hydrogens is 274 g/mol. The van der Waals surface area contributed by atoms with E-state index in [4.69, 9.17) is 9.84 Å². The number of carbonyl (C=O) groups is 1. The van der Waals surface area contributed by atoms with Crippen molar-refractivity contribution in [3.05, 3.63) is 35.3 Å². The van der Waals surface area contributed by atoms with E-state index in [-0.39, 0.29) is 5.69 Å². The van der Waals surface area contributed by atoms with Crippen molar-refractivity contribution in [2.45, 2.75) is 26.2 Å². The van der Waals surface area contributed by atoms with Gasteiger partial charge in [0.1, 0.15) is 10.8 Å². The number of hydrogen-bond acceptors (Lipinski definition) is 4. The van der Waals surface area contributed by atoms with Crippen molar-refractivity contribution in [2.75, 3.05) is 6.61 Å².